The summed E-state index contributed by atoms with van der Waals surface area (Å²) in [6.07, 6.45) is 47.2. The van der Waals surface area contributed by atoms with Gasteiger partial charge in [-0.05, 0) is 76.9 Å². The molecule has 0 fully saturated rings. The van der Waals surface area contributed by atoms with E-state index in [1.807, 2.05) is 22.7 Å². The molecule has 0 aliphatic heterocycles. The molecule has 0 saturated carbocycles. The molecule has 0 spiro atoms. The van der Waals surface area contributed by atoms with Crippen LogP contribution in [-0.4, -0.2) is 27.5 Å². The standard InChI is InChI=1S/C50H79BrFN3S4/c1-6-8-10-12-14-16-18-20-22-24-26-28-30-32-34-50(35-33-31-29-27-25-23-21-19-17-15-13-11-9-7-2)40-37-43(39-36-42(52)45(51)47-46(39)54-58-55-47)56-48(40)49-41(50)38-44(57-49)59(3,4,5)53/h36-38,53H,6-35H2,1-5H3. The number of unbranched alkanes of at least 4 members (excludes halogenated alkanes) is 26. The first-order valence-corrected chi connectivity index (χ1v) is 30.4. The fourth-order valence-electron chi connectivity index (χ4n) is 9.41. The average molecular weight is 949 g/mol. The summed E-state index contributed by atoms with van der Waals surface area (Å²) in [6.45, 7) is 4.60. The molecule has 5 rings (SSSR count). The van der Waals surface area contributed by atoms with Crippen LogP contribution in [0.2, 0.25) is 0 Å². The Morgan fingerprint density at radius 2 is 0.949 bits per heavy atom. The van der Waals surface area contributed by atoms with E-state index in [0.717, 1.165) is 40.5 Å². The number of nitrogens with one attached hydrogen (secondary N) is 1. The third-order valence-corrected chi connectivity index (χ3v) is 20.1. The molecule has 0 atom stereocenters. The second kappa shape index (κ2) is 24.2. The van der Waals surface area contributed by atoms with Gasteiger partial charge in [-0.25, -0.2) is 4.39 Å². The summed E-state index contributed by atoms with van der Waals surface area (Å²) in [7, 11) is -2.46. The highest BCUT2D eigenvalue weighted by molar-refractivity contribution is 9.10. The summed E-state index contributed by atoms with van der Waals surface area (Å²) in [4.78, 5) is 3.84. The molecular weight excluding hydrogens is 870 g/mol. The maximum Gasteiger partial charge on any atom is 0.140 e. The lowest BCUT2D eigenvalue weighted by molar-refractivity contribution is 0.397. The van der Waals surface area contributed by atoms with Crippen LogP contribution < -0.4 is 0 Å². The molecule has 9 heteroatoms. The minimum Gasteiger partial charge on any atom is -0.294 e. The molecular formula is C50H79BrFN3S4. The molecule has 0 saturated heterocycles. The van der Waals surface area contributed by atoms with Crippen LogP contribution in [0.3, 0.4) is 0 Å². The number of rotatable bonds is 32. The molecule has 0 amide bonds. The minimum atomic E-state index is -2.46. The number of fused-ring (bicyclic) bond motifs is 4. The topological polar surface area (TPSA) is 49.6 Å². The predicted octanol–water partition coefficient (Wildman–Crippen LogP) is 19.1. The van der Waals surface area contributed by atoms with Crippen molar-refractivity contribution in [3.05, 3.63) is 39.6 Å². The van der Waals surface area contributed by atoms with Gasteiger partial charge in [0.1, 0.15) is 16.9 Å². The molecule has 59 heavy (non-hydrogen) atoms. The highest BCUT2D eigenvalue weighted by Gasteiger charge is 2.46. The normalized spacial score (nSPS) is 14.3. The van der Waals surface area contributed by atoms with Gasteiger partial charge in [0.05, 0.1) is 20.4 Å². The van der Waals surface area contributed by atoms with Crippen molar-refractivity contribution in [2.75, 3.05) is 18.8 Å². The second-order valence-electron chi connectivity index (χ2n) is 19.2. The SMILES string of the molecule is CCCCCCCCCCCCCCCCC1(CCCCCCCCCCCCCCCC)c2cc(-c3cc(F)c(Br)c4nsnc34)sc2-c2sc(S(C)(C)(C)=N)cc21. The first kappa shape index (κ1) is 49.0. The lowest BCUT2D eigenvalue weighted by atomic mass is 9.71. The molecule has 1 aromatic carbocycles. The van der Waals surface area contributed by atoms with Crippen LogP contribution in [0.4, 0.5) is 4.39 Å². The monoisotopic (exact) mass is 947 g/mol. The summed E-state index contributed by atoms with van der Waals surface area (Å²) in [5, 5.41) is 0. The van der Waals surface area contributed by atoms with Gasteiger partial charge in [0.15, 0.2) is 0 Å². The Kier molecular flexibility index (Phi) is 20.1. The number of halogens is 2. The molecule has 1 aliphatic carbocycles. The lowest BCUT2D eigenvalue weighted by Crippen LogP contribution is -2.26. The van der Waals surface area contributed by atoms with Crippen molar-refractivity contribution >= 4 is 70.3 Å². The van der Waals surface area contributed by atoms with Crippen molar-refractivity contribution < 1.29 is 4.39 Å². The number of hydrogen-bond acceptors (Lipinski definition) is 6. The van der Waals surface area contributed by atoms with Crippen molar-refractivity contribution in [3.63, 3.8) is 0 Å². The Morgan fingerprint density at radius 3 is 1.39 bits per heavy atom. The number of nitrogens with zero attached hydrogens (tertiary/aromatic N) is 2. The maximum atomic E-state index is 15.4. The summed E-state index contributed by atoms with van der Waals surface area (Å²) in [5.74, 6) is -0.280. The lowest BCUT2D eigenvalue weighted by Gasteiger charge is -2.34. The van der Waals surface area contributed by atoms with E-state index < -0.39 is 8.96 Å². The molecule has 1 aliphatic rings. The van der Waals surface area contributed by atoms with Crippen LogP contribution in [-0.2, 0) is 14.4 Å². The smallest absolute Gasteiger partial charge is 0.140 e. The summed E-state index contributed by atoms with van der Waals surface area (Å²) in [5.41, 5.74) is 5.15. The maximum absolute atomic E-state index is 15.4. The molecule has 0 bridgehead atoms. The van der Waals surface area contributed by atoms with Crippen molar-refractivity contribution in [2.24, 2.45) is 0 Å². The molecule has 3 aromatic heterocycles. The summed E-state index contributed by atoms with van der Waals surface area (Å²) < 4.78 is 35.7. The van der Waals surface area contributed by atoms with Crippen molar-refractivity contribution in [1.29, 1.82) is 4.78 Å². The Balaban J connectivity index is 1.26. The Bertz CT molecular complexity index is 1870. The van der Waals surface area contributed by atoms with E-state index in [2.05, 4.69) is 69.4 Å². The van der Waals surface area contributed by atoms with Gasteiger partial charge in [0, 0.05) is 25.6 Å². The van der Waals surface area contributed by atoms with Crippen molar-refractivity contribution in [1.82, 2.24) is 8.75 Å². The van der Waals surface area contributed by atoms with E-state index in [4.69, 9.17) is 0 Å². The van der Waals surface area contributed by atoms with Gasteiger partial charge >= 0.3 is 0 Å². The predicted molar refractivity (Wildman–Crippen MR) is 268 cm³/mol. The quantitative estimate of drug-likeness (QED) is 0.0496. The second-order valence-corrected chi connectivity index (χ2v) is 28.4. The van der Waals surface area contributed by atoms with Gasteiger partial charge < -0.3 is 0 Å². The third kappa shape index (κ3) is 14.0. The third-order valence-electron chi connectivity index (χ3n) is 13.0. The van der Waals surface area contributed by atoms with Crippen LogP contribution in [0.25, 0.3) is 31.2 Å². The van der Waals surface area contributed by atoms with Crippen LogP contribution in [0, 0.1) is 10.6 Å². The molecule has 3 nitrogen and oxygen atoms in total. The zero-order valence-electron chi connectivity index (χ0n) is 37.7. The number of benzene rings is 1. The Labute approximate surface area is 380 Å². The van der Waals surface area contributed by atoms with Gasteiger partial charge in [-0.15, -0.1) is 22.7 Å². The zero-order chi connectivity index (χ0) is 42.2. The highest BCUT2D eigenvalue weighted by atomic mass is 79.9. The van der Waals surface area contributed by atoms with Crippen LogP contribution in [0.1, 0.15) is 218 Å². The minimum absolute atomic E-state index is 0.0547. The van der Waals surface area contributed by atoms with E-state index >= 15 is 4.39 Å². The summed E-state index contributed by atoms with van der Waals surface area (Å²) in [6, 6.07) is 6.57. The fraction of sp³-hybridized carbons (Fsp3) is 0.720. The van der Waals surface area contributed by atoms with E-state index in [1.54, 1.807) is 6.07 Å². The van der Waals surface area contributed by atoms with E-state index in [9.17, 15) is 4.78 Å². The van der Waals surface area contributed by atoms with E-state index in [-0.39, 0.29) is 11.2 Å². The van der Waals surface area contributed by atoms with E-state index in [1.165, 1.54) is 205 Å². The molecule has 3 heterocycles. The van der Waals surface area contributed by atoms with Crippen LogP contribution in [0.5, 0.6) is 0 Å². The van der Waals surface area contributed by atoms with Gasteiger partial charge in [0.25, 0.3) is 0 Å². The van der Waals surface area contributed by atoms with Gasteiger partial charge in [0.2, 0.25) is 0 Å². The van der Waals surface area contributed by atoms with Crippen molar-refractivity contribution in [2.45, 2.75) is 216 Å². The molecule has 0 radical (unpaired) electrons. The van der Waals surface area contributed by atoms with Gasteiger partial charge in [-0.1, -0.05) is 194 Å². The average Bonchev–Trinajstić information content (AvgIpc) is 4.01. The first-order chi connectivity index (χ1) is 28.5. The van der Waals surface area contributed by atoms with Gasteiger partial charge in [-0.2, -0.15) is 17.7 Å². The number of thiophene rings is 2. The molecule has 4 aromatic rings. The highest BCUT2D eigenvalue weighted by Crippen LogP contribution is 2.62. The zero-order valence-corrected chi connectivity index (χ0v) is 42.6. The Morgan fingerprint density at radius 1 is 0.559 bits per heavy atom. The Hall–Kier alpha value is -1.00. The largest absolute Gasteiger partial charge is 0.294 e. The van der Waals surface area contributed by atoms with E-state index in [0.29, 0.717) is 9.99 Å². The van der Waals surface area contributed by atoms with Gasteiger partial charge in [-0.3, -0.25) is 4.78 Å². The summed E-state index contributed by atoms with van der Waals surface area (Å²) >= 11 is 8.30. The molecule has 1 N–H and O–H groups in total. The van der Waals surface area contributed by atoms with Crippen LogP contribution >= 0.6 is 50.3 Å². The first-order valence-electron chi connectivity index (χ1n) is 24.0. The molecule has 332 valence electrons. The fourth-order valence-corrected chi connectivity index (χ4v) is 14.9. The number of aromatic nitrogens is 2. The number of hydrogen-bond donors (Lipinski definition) is 1. The van der Waals surface area contributed by atoms with Crippen molar-refractivity contribution in [3.8, 4) is 20.2 Å². The van der Waals surface area contributed by atoms with Crippen LogP contribution in [0.15, 0.2) is 26.9 Å². The molecule has 0 unspecified atom stereocenters.